The molecule has 0 aromatic carbocycles. The van der Waals surface area contributed by atoms with Crippen molar-refractivity contribution in [2.45, 2.75) is 13.0 Å². The van der Waals surface area contributed by atoms with Crippen LogP contribution in [0, 0.1) is 0 Å². The summed E-state index contributed by atoms with van der Waals surface area (Å²) in [7, 11) is 0. The molecule has 1 heterocycles. The van der Waals surface area contributed by atoms with Crippen LogP contribution in [-0.4, -0.2) is 41.9 Å². The number of rotatable bonds is 0. The third-order valence-corrected chi connectivity index (χ3v) is 1.51. The lowest BCUT2D eigenvalue weighted by Crippen LogP contribution is -2.43. The predicted octanol–water partition coefficient (Wildman–Crippen LogP) is 0.385. The molecule has 1 fully saturated rings. The van der Waals surface area contributed by atoms with E-state index in [2.05, 4.69) is 0 Å². The smallest absolute Gasteiger partial charge is 0.407 e. The SMILES string of the molecule is CC1CN(C(=O)O)CCO1. The summed E-state index contributed by atoms with van der Waals surface area (Å²) >= 11 is 0. The van der Waals surface area contributed by atoms with E-state index >= 15 is 0 Å². The highest BCUT2D eigenvalue weighted by Gasteiger charge is 2.19. The van der Waals surface area contributed by atoms with Gasteiger partial charge in [0.2, 0.25) is 0 Å². The molecule has 0 spiro atoms. The van der Waals surface area contributed by atoms with Crippen LogP contribution in [0.3, 0.4) is 0 Å². The number of nitrogens with zero attached hydrogens (tertiary/aromatic N) is 1. The molecule has 1 saturated heterocycles. The van der Waals surface area contributed by atoms with Crippen LogP contribution in [0.5, 0.6) is 0 Å². The molecule has 1 N–H and O–H groups in total. The van der Waals surface area contributed by atoms with Crippen molar-refractivity contribution < 1.29 is 14.6 Å². The van der Waals surface area contributed by atoms with Crippen LogP contribution in [-0.2, 0) is 4.74 Å². The molecule has 0 aromatic heterocycles. The van der Waals surface area contributed by atoms with Gasteiger partial charge in [0, 0.05) is 6.54 Å². The van der Waals surface area contributed by atoms with E-state index in [1.54, 1.807) is 0 Å². The Hall–Kier alpha value is -0.770. The summed E-state index contributed by atoms with van der Waals surface area (Å²) in [6.07, 6.45) is -0.806. The number of carbonyl (C=O) groups is 1. The first-order valence-corrected chi connectivity index (χ1v) is 3.29. The third-order valence-electron chi connectivity index (χ3n) is 1.51. The zero-order valence-electron chi connectivity index (χ0n) is 5.91. The lowest BCUT2D eigenvalue weighted by molar-refractivity contribution is -0.0120. The summed E-state index contributed by atoms with van der Waals surface area (Å²) in [6, 6.07) is 0. The van der Waals surface area contributed by atoms with Crippen LogP contribution in [0.4, 0.5) is 4.79 Å². The van der Waals surface area contributed by atoms with Gasteiger partial charge in [0.25, 0.3) is 0 Å². The molecule has 0 bridgehead atoms. The van der Waals surface area contributed by atoms with Crippen LogP contribution >= 0.6 is 0 Å². The maximum Gasteiger partial charge on any atom is 0.407 e. The van der Waals surface area contributed by atoms with E-state index in [-0.39, 0.29) is 6.10 Å². The largest absolute Gasteiger partial charge is 0.465 e. The molecule has 1 amide bonds. The van der Waals surface area contributed by atoms with Crippen LogP contribution < -0.4 is 0 Å². The zero-order valence-corrected chi connectivity index (χ0v) is 5.91. The summed E-state index contributed by atoms with van der Waals surface area (Å²) in [5.74, 6) is 0. The Balaban J connectivity index is 2.39. The van der Waals surface area contributed by atoms with Gasteiger partial charge in [-0.15, -0.1) is 0 Å². The van der Waals surface area contributed by atoms with Gasteiger partial charge in [0.05, 0.1) is 19.3 Å². The fraction of sp³-hybridized carbons (Fsp3) is 0.833. The summed E-state index contributed by atoms with van der Waals surface area (Å²) in [5, 5.41) is 8.53. The van der Waals surface area contributed by atoms with Crippen molar-refractivity contribution in [1.29, 1.82) is 0 Å². The minimum atomic E-state index is -0.852. The molecule has 4 nitrogen and oxygen atoms in total. The van der Waals surface area contributed by atoms with Crippen LogP contribution in [0.1, 0.15) is 6.92 Å². The van der Waals surface area contributed by atoms with Gasteiger partial charge in [-0.1, -0.05) is 0 Å². The molecule has 58 valence electrons. The molecule has 1 rings (SSSR count). The minimum absolute atomic E-state index is 0.0462. The summed E-state index contributed by atoms with van der Waals surface area (Å²) < 4.78 is 5.15. The quantitative estimate of drug-likeness (QED) is 0.536. The Morgan fingerprint density at radius 1 is 1.80 bits per heavy atom. The second-order valence-electron chi connectivity index (χ2n) is 2.41. The number of morpholine rings is 1. The Labute approximate surface area is 59.4 Å². The minimum Gasteiger partial charge on any atom is -0.465 e. The first-order chi connectivity index (χ1) is 4.70. The summed E-state index contributed by atoms with van der Waals surface area (Å²) in [4.78, 5) is 11.7. The Morgan fingerprint density at radius 2 is 2.50 bits per heavy atom. The highest BCUT2D eigenvalue weighted by Crippen LogP contribution is 2.03. The van der Waals surface area contributed by atoms with Crippen molar-refractivity contribution in [2.75, 3.05) is 19.7 Å². The molecule has 0 radical (unpaired) electrons. The van der Waals surface area contributed by atoms with Crippen molar-refractivity contribution in [3.8, 4) is 0 Å². The molecule has 1 atom stereocenters. The van der Waals surface area contributed by atoms with Gasteiger partial charge in [-0.05, 0) is 6.92 Å². The Morgan fingerprint density at radius 3 is 2.90 bits per heavy atom. The number of hydrogen-bond acceptors (Lipinski definition) is 2. The first-order valence-electron chi connectivity index (χ1n) is 3.29. The van der Waals surface area contributed by atoms with E-state index in [0.29, 0.717) is 19.7 Å². The van der Waals surface area contributed by atoms with Gasteiger partial charge in [-0.25, -0.2) is 4.79 Å². The van der Waals surface area contributed by atoms with Crippen LogP contribution in [0.2, 0.25) is 0 Å². The lowest BCUT2D eigenvalue weighted by Gasteiger charge is -2.28. The highest BCUT2D eigenvalue weighted by atomic mass is 16.5. The van der Waals surface area contributed by atoms with Crippen LogP contribution in [0.25, 0.3) is 0 Å². The van der Waals surface area contributed by atoms with E-state index in [0.717, 1.165) is 0 Å². The van der Waals surface area contributed by atoms with E-state index in [4.69, 9.17) is 9.84 Å². The van der Waals surface area contributed by atoms with Gasteiger partial charge in [0.1, 0.15) is 0 Å². The molecule has 0 aliphatic carbocycles. The molecular weight excluding hydrogens is 134 g/mol. The molecule has 1 aliphatic heterocycles. The average Bonchev–Trinajstić information content (AvgIpc) is 1.88. The van der Waals surface area contributed by atoms with E-state index < -0.39 is 6.09 Å². The van der Waals surface area contributed by atoms with Crippen molar-refractivity contribution in [3.63, 3.8) is 0 Å². The van der Waals surface area contributed by atoms with E-state index in [1.807, 2.05) is 6.92 Å². The van der Waals surface area contributed by atoms with Crippen molar-refractivity contribution in [2.24, 2.45) is 0 Å². The van der Waals surface area contributed by atoms with Crippen molar-refractivity contribution >= 4 is 6.09 Å². The molecule has 1 aliphatic rings. The molecule has 0 aromatic rings. The standard InChI is InChI=1S/C6H11NO3/c1-5-4-7(6(8)9)2-3-10-5/h5H,2-4H2,1H3,(H,8,9). The van der Waals surface area contributed by atoms with Gasteiger partial charge in [-0.3, -0.25) is 0 Å². The van der Waals surface area contributed by atoms with Crippen LogP contribution in [0.15, 0.2) is 0 Å². The van der Waals surface area contributed by atoms with Gasteiger partial charge >= 0.3 is 6.09 Å². The molecule has 1 unspecified atom stereocenters. The monoisotopic (exact) mass is 145 g/mol. The van der Waals surface area contributed by atoms with E-state index in [1.165, 1.54) is 4.90 Å². The number of hydrogen-bond donors (Lipinski definition) is 1. The molecule has 0 saturated carbocycles. The second-order valence-corrected chi connectivity index (χ2v) is 2.41. The molecule has 4 heteroatoms. The van der Waals surface area contributed by atoms with Crippen molar-refractivity contribution in [3.05, 3.63) is 0 Å². The summed E-state index contributed by atoms with van der Waals surface area (Å²) in [5.41, 5.74) is 0. The normalized spacial score (nSPS) is 26.5. The molecular formula is C6H11NO3. The zero-order chi connectivity index (χ0) is 7.56. The summed E-state index contributed by atoms with van der Waals surface area (Å²) in [6.45, 7) is 3.39. The number of carboxylic acid groups (broad SMARTS) is 1. The average molecular weight is 145 g/mol. The second kappa shape index (κ2) is 2.88. The first kappa shape index (κ1) is 7.34. The van der Waals surface area contributed by atoms with E-state index in [9.17, 15) is 4.79 Å². The molecule has 10 heavy (non-hydrogen) atoms. The number of amides is 1. The van der Waals surface area contributed by atoms with Gasteiger partial charge < -0.3 is 14.7 Å². The maximum atomic E-state index is 10.4. The lowest BCUT2D eigenvalue weighted by atomic mass is 10.3. The van der Waals surface area contributed by atoms with Gasteiger partial charge in [-0.2, -0.15) is 0 Å². The highest BCUT2D eigenvalue weighted by molar-refractivity contribution is 5.65. The third kappa shape index (κ3) is 1.60. The maximum absolute atomic E-state index is 10.4. The Bertz CT molecular complexity index is 137. The fourth-order valence-corrected chi connectivity index (χ4v) is 0.992. The number of ether oxygens (including phenoxy) is 1. The fourth-order valence-electron chi connectivity index (χ4n) is 0.992. The topological polar surface area (TPSA) is 49.8 Å². The van der Waals surface area contributed by atoms with Crippen molar-refractivity contribution in [1.82, 2.24) is 4.90 Å². The Kier molecular flexibility index (Phi) is 2.11. The van der Waals surface area contributed by atoms with Gasteiger partial charge in [0.15, 0.2) is 0 Å². The predicted molar refractivity (Wildman–Crippen MR) is 35.0 cm³/mol.